The summed E-state index contributed by atoms with van der Waals surface area (Å²) in [4.78, 5) is 13.2. The Kier molecular flexibility index (Phi) is 5.00. The van der Waals surface area contributed by atoms with Crippen molar-refractivity contribution in [2.75, 3.05) is 14.1 Å². The summed E-state index contributed by atoms with van der Waals surface area (Å²) in [6.07, 6.45) is 0. The summed E-state index contributed by atoms with van der Waals surface area (Å²) in [5.41, 5.74) is 0.493. The summed E-state index contributed by atoms with van der Waals surface area (Å²) >= 11 is 0. The molecule has 0 saturated carbocycles. The molecular formula is C14H20F2N2O. The minimum atomic E-state index is -0.469. The number of likely N-dealkylation sites (N-methyl/N-ethyl adjacent to an activating group) is 1. The normalized spacial score (nSPS) is 14.1. The number of nitrogens with zero attached hydrogens (tertiary/aromatic N) is 1. The SMILES string of the molecule is Cc1cc(F)c(C(C)NC(C)C(=O)N(C)C)cc1F. The minimum Gasteiger partial charge on any atom is -0.347 e. The smallest absolute Gasteiger partial charge is 0.238 e. The number of benzene rings is 1. The van der Waals surface area contributed by atoms with Gasteiger partial charge < -0.3 is 4.90 Å². The van der Waals surface area contributed by atoms with Gasteiger partial charge in [-0.3, -0.25) is 10.1 Å². The van der Waals surface area contributed by atoms with E-state index < -0.39 is 23.7 Å². The molecule has 0 bridgehead atoms. The van der Waals surface area contributed by atoms with Gasteiger partial charge >= 0.3 is 0 Å². The fourth-order valence-corrected chi connectivity index (χ4v) is 1.92. The van der Waals surface area contributed by atoms with Gasteiger partial charge in [-0.2, -0.15) is 0 Å². The second-order valence-corrected chi connectivity index (χ2v) is 4.97. The van der Waals surface area contributed by atoms with Gasteiger partial charge in [-0.1, -0.05) is 0 Å². The van der Waals surface area contributed by atoms with Crippen molar-refractivity contribution in [1.82, 2.24) is 10.2 Å². The standard InChI is InChI=1S/C14H20F2N2O/c1-8-6-13(16)11(7-12(8)15)9(2)17-10(3)14(19)18(4)5/h6-7,9-10,17H,1-5H3. The molecule has 1 aromatic rings. The van der Waals surface area contributed by atoms with Crippen molar-refractivity contribution < 1.29 is 13.6 Å². The molecule has 1 amide bonds. The molecule has 0 aromatic heterocycles. The van der Waals surface area contributed by atoms with E-state index in [1.807, 2.05) is 0 Å². The number of nitrogens with one attached hydrogen (secondary N) is 1. The fraction of sp³-hybridized carbons (Fsp3) is 0.500. The molecule has 0 heterocycles. The first-order valence-electron chi connectivity index (χ1n) is 6.16. The number of carbonyl (C=O) groups excluding carboxylic acids is 1. The zero-order valence-corrected chi connectivity index (χ0v) is 11.9. The molecule has 0 fully saturated rings. The van der Waals surface area contributed by atoms with Crippen LogP contribution in [0.3, 0.4) is 0 Å². The second-order valence-electron chi connectivity index (χ2n) is 4.97. The van der Waals surface area contributed by atoms with Crippen LogP contribution in [0.25, 0.3) is 0 Å². The quantitative estimate of drug-likeness (QED) is 0.911. The van der Waals surface area contributed by atoms with Crippen LogP contribution in [0.5, 0.6) is 0 Å². The molecular weight excluding hydrogens is 250 g/mol. The first-order chi connectivity index (χ1) is 8.73. The van der Waals surface area contributed by atoms with Gasteiger partial charge in [0.15, 0.2) is 0 Å². The third kappa shape index (κ3) is 3.73. The van der Waals surface area contributed by atoms with E-state index in [9.17, 15) is 13.6 Å². The molecule has 0 radical (unpaired) electrons. The highest BCUT2D eigenvalue weighted by Crippen LogP contribution is 2.21. The van der Waals surface area contributed by atoms with E-state index in [1.54, 1.807) is 27.9 Å². The molecule has 0 spiro atoms. The van der Waals surface area contributed by atoms with Crippen LogP contribution >= 0.6 is 0 Å². The maximum Gasteiger partial charge on any atom is 0.238 e. The highest BCUT2D eigenvalue weighted by molar-refractivity contribution is 5.80. The van der Waals surface area contributed by atoms with Gasteiger partial charge in [0.1, 0.15) is 11.6 Å². The topological polar surface area (TPSA) is 32.3 Å². The van der Waals surface area contributed by atoms with Crippen molar-refractivity contribution in [3.8, 4) is 0 Å². The van der Waals surface area contributed by atoms with Gasteiger partial charge in [0.25, 0.3) is 0 Å². The number of carbonyl (C=O) groups is 1. The summed E-state index contributed by atoms with van der Waals surface area (Å²) in [6.45, 7) is 4.91. The van der Waals surface area contributed by atoms with Crippen LogP contribution in [0, 0.1) is 18.6 Å². The van der Waals surface area contributed by atoms with Crippen molar-refractivity contribution in [2.45, 2.75) is 32.9 Å². The molecule has 0 saturated heterocycles. The largest absolute Gasteiger partial charge is 0.347 e. The van der Waals surface area contributed by atoms with Crippen LogP contribution in [0.4, 0.5) is 8.78 Å². The van der Waals surface area contributed by atoms with Crippen molar-refractivity contribution in [3.05, 3.63) is 34.9 Å². The Labute approximate surface area is 112 Å². The van der Waals surface area contributed by atoms with Crippen LogP contribution in [0.15, 0.2) is 12.1 Å². The molecule has 106 valence electrons. The van der Waals surface area contributed by atoms with Gasteiger partial charge in [0.05, 0.1) is 6.04 Å². The lowest BCUT2D eigenvalue weighted by Gasteiger charge is -2.23. The molecule has 2 atom stereocenters. The Morgan fingerprint density at radius 2 is 1.79 bits per heavy atom. The molecule has 1 rings (SSSR count). The van der Waals surface area contributed by atoms with Crippen LogP contribution in [0.1, 0.15) is 31.0 Å². The average Bonchev–Trinajstić information content (AvgIpc) is 2.32. The minimum absolute atomic E-state index is 0.111. The zero-order valence-electron chi connectivity index (χ0n) is 11.9. The van der Waals surface area contributed by atoms with E-state index >= 15 is 0 Å². The predicted molar refractivity (Wildman–Crippen MR) is 70.8 cm³/mol. The molecule has 1 N–H and O–H groups in total. The van der Waals surface area contributed by atoms with Crippen LogP contribution in [-0.2, 0) is 4.79 Å². The van der Waals surface area contributed by atoms with E-state index in [4.69, 9.17) is 0 Å². The third-order valence-electron chi connectivity index (χ3n) is 3.06. The van der Waals surface area contributed by atoms with Gasteiger partial charge in [-0.15, -0.1) is 0 Å². The van der Waals surface area contributed by atoms with Crippen molar-refractivity contribution in [3.63, 3.8) is 0 Å². The number of halogens is 2. The molecule has 0 aliphatic rings. The molecule has 3 nitrogen and oxygen atoms in total. The number of aryl methyl sites for hydroxylation is 1. The van der Waals surface area contributed by atoms with E-state index in [2.05, 4.69) is 5.32 Å². The first-order valence-corrected chi connectivity index (χ1v) is 6.16. The Balaban J connectivity index is 2.87. The lowest BCUT2D eigenvalue weighted by molar-refractivity contribution is -0.130. The molecule has 0 aliphatic carbocycles. The second kappa shape index (κ2) is 6.10. The summed E-state index contributed by atoms with van der Waals surface area (Å²) in [7, 11) is 3.30. The van der Waals surface area contributed by atoms with E-state index in [0.717, 1.165) is 0 Å². The highest BCUT2D eigenvalue weighted by atomic mass is 19.1. The molecule has 1 aromatic carbocycles. The number of hydrogen-bond donors (Lipinski definition) is 1. The van der Waals surface area contributed by atoms with Gasteiger partial charge in [0, 0.05) is 25.7 Å². The van der Waals surface area contributed by atoms with Crippen molar-refractivity contribution in [1.29, 1.82) is 0 Å². The Bertz CT molecular complexity index is 475. The third-order valence-corrected chi connectivity index (χ3v) is 3.06. The van der Waals surface area contributed by atoms with E-state index in [1.165, 1.54) is 24.0 Å². The number of rotatable bonds is 4. The summed E-state index contributed by atoms with van der Waals surface area (Å²) in [5, 5.41) is 2.97. The van der Waals surface area contributed by atoms with Crippen LogP contribution in [-0.4, -0.2) is 30.9 Å². The van der Waals surface area contributed by atoms with E-state index in [-0.39, 0.29) is 17.0 Å². The Morgan fingerprint density at radius 3 is 2.32 bits per heavy atom. The van der Waals surface area contributed by atoms with E-state index in [0.29, 0.717) is 0 Å². The van der Waals surface area contributed by atoms with Crippen LogP contribution < -0.4 is 5.32 Å². The molecule has 19 heavy (non-hydrogen) atoms. The number of hydrogen-bond acceptors (Lipinski definition) is 2. The lowest BCUT2D eigenvalue weighted by atomic mass is 10.0. The zero-order chi connectivity index (χ0) is 14.7. The molecule has 0 aliphatic heterocycles. The lowest BCUT2D eigenvalue weighted by Crippen LogP contribution is -2.42. The predicted octanol–water partition coefficient (Wildman–Crippen LogP) is 2.40. The maximum absolute atomic E-state index is 13.8. The Hall–Kier alpha value is -1.49. The van der Waals surface area contributed by atoms with Crippen molar-refractivity contribution >= 4 is 5.91 Å². The highest BCUT2D eigenvalue weighted by Gasteiger charge is 2.20. The average molecular weight is 270 g/mol. The first kappa shape index (κ1) is 15.6. The maximum atomic E-state index is 13.8. The van der Waals surface area contributed by atoms with Gasteiger partial charge in [0.2, 0.25) is 5.91 Å². The molecule has 2 unspecified atom stereocenters. The number of amides is 1. The fourth-order valence-electron chi connectivity index (χ4n) is 1.92. The monoisotopic (exact) mass is 270 g/mol. The summed E-state index contributed by atoms with van der Waals surface area (Å²) in [6, 6.07) is 1.43. The van der Waals surface area contributed by atoms with Crippen molar-refractivity contribution in [2.24, 2.45) is 0 Å². The Morgan fingerprint density at radius 1 is 1.21 bits per heavy atom. The molecule has 5 heteroatoms. The van der Waals surface area contributed by atoms with Gasteiger partial charge in [-0.05, 0) is 38.5 Å². The summed E-state index contributed by atoms with van der Waals surface area (Å²) in [5.74, 6) is -1.03. The summed E-state index contributed by atoms with van der Waals surface area (Å²) < 4.78 is 27.3. The van der Waals surface area contributed by atoms with Gasteiger partial charge in [-0.25, -0.2) is 8.78 Å². The van der Waals surface area contributed by atoms with Crippen LogP contribution in [0.2, 0.25) is 0 Å².